The standard InChI is InChI=1S/C16H20O2/c1-2-15(17)13-10-6-7-11-14(13)16(18)12-8-4-3-5-9-12/h6-7,10-12H,2-5,8-9H2,1H3. The molecule has 18 heavy (non-hydrogen) atoms. The molecule has 1 aromatic rings. The number of hydrogen-bond acceptors (Lipinski definition) is 2. The molecule has 2 rings (SSSR count). The van der Waals surface area contributed by atoms with Gasteiger partial charge in [-0.2, -0.15) is 0 Å². The van der Waals surface area contributed by atoms with Gasteiger partial charge in [-0.25, -0.2) is 0 Å². The number of ketones is 2. The Morgan fingerprint density at radius 1 is 1.06 bits per heavy atom. The van der Waals surface area contributed by atoms with Crippen molar-refractivity contribution in [3.05, 3.63) is 35.4 Å². The first-order valence-electron chi connectivity index (χ1n) is 6.90. The summed E-state index contributed by atoms with van der Waals surface area (Å²) in [6, 6.07) is 7.27. The summed E-state index contributed by atoms with van der Waals surface area (Å²) in [4.78, 5) is 24.4. The van der Waals surface area contributed by atoms with Crippen LogP contribution in [0.1, 0.15) is 66.2 Å². The Morgan fingerprint density at radius 3 is 2.28 bits per heavy atom. The lowest BCUT2D eigenvalue weighted by Crippen LogP contribution is -2.20. The number of carbonyl (C=O) groups excluding carboxylic acids is 2. The molecule has 0 aliphatic heterocycles. The summed E-state index contributed by atoms with van der Waals surface area (Å²) in [5.74, 6) is 0.367. The predicted octanol–water partition coefficient (Wildman–Crippen LogP) is 4.04. The molecule has 0 aromatic heterocycles. The van der Waals surface area contributed by atoms with Gasteiger partial charge < -0.3 is 0 Å². The first-order chi connectivity index (χ1) is 8.74. The molecule has 0 unspecified atom stereocenters. The molecule has 1 aliphatic carbocycles. The third-order valence-electron chi connectivity index (χ3n) is 3.79. The number of hydrogen-bond donors (Lipinski definition) is 0. The van der Waals surface area contributed by atoms with E-state index in [-0.39, 0.29) is 17.5 Å². The molecule has 0 N–H and O–H groups in total. The smallest absolute Gasteiger partial charge is 0.166 e. The maximum atomic E-state index is 12.5. The first-order valence-corrected chi connectivity index (χ1v) is 6.90. The van der Waals surface area contributed by atoms with Crippen LogP contribution < -0.4 is 0 Å². The van der Waals surface area contributed by atoms with E-state index in [9.17, 15) is 9.59 Å². The van der Waals surface area contributed by atoms with Crippen LogP contribution in [0.4, 0.5) is 0 Å². The van der Waals surface area contributed by atoms with Crippen molar-refractivity contribution in [3.8, 4) is 0 Å². The predicted molar refractivity (Wildman–Crippen MR) is 72.0 cm³/mol. The molecule has 0 spiro atoms. The van der Waals surface area contributed by atoms with Gasteiger partial charge in [-0.05, 0) is 12.8 Å². The fourth-order valence-electron chi connectivity index (χ4n) is 2.72. The summed E-state index contributed by atoms with van der Waals surface area (Å²) in [5, 5.41) is 0. The molecule has 0 bridgehead atoms. The van der Waals surface area contributed by atoms with Crippen LogP contribution in [0.15, 0.2) is 24.3 Å². The van der Waals surface area contributed by atoms with E-state index in [0.717, 1.165) is 25.7 Å². The van der Waals surface area contributed by atoms with E-state index < -0.39 is 0 Å². The Hall–Kier alpha value is -1.44. The van der Waals surface area contributed by atoms with E-state index >= 15 is 0 Å². The van der Waals surface area contributed by atoms with Crippen LogP contribution >= 0.6 is 0 Å². The molecular formula is C16H20O2. The average molecular weight is 244 g/mol. The minimum Gasteiger partial charge on any atom is -0.294 e. The van der Waals surface area contributed by atoms with Crippen molar-refractivity contribution in [1.29, 1.82) is 0 Å². The molecule has 1 aromatic carbocycles. The number of rotatable bonds is 4. The molecule has 0 atom stereocenters. The third-order valence-corrected chi connectivity index (χ3v) is 3.79. The van der Waals surface area contributed by atoms with E-state index in [0.29, 0.717) is 17.5 Å². The average Bonchev–Trinajstić information content (AvgIpc) is 2.46. The Labute approximate surface area is 108 Å². The van der Waals surface area contributed by atoms with Crippen molar-refractivity contribution < 1.29 is 9.59 Å². The van der Waals surface area contributed by atoms with Gasteiger partial charge in [0.25, 0.3) is 0 Å². The summed E-state index contributed by atoms with van der Waals surface area (Å²) < 4.78 is 0. The van der Waals surface area contributed by atoms with Crippen LogP contribution in [0.2, 0.25) is 0 Å². The van der Waals surface area contributed by atoms with Crippen molar-refractivity contribution in [2.45, 2.75) is 45.4 Å². The zero-order chi connectivity index (χ0) is 13.0. The molecule has 2 nitrogen and oxygen atoms in total. The van der Waals surface area contributed by atoms with Gasteiger partial charge >= 0.3 is 0 Å². The molecule has 0 amide bonds. The number of benzene rings is 1. The van der Waals surface area contributed by atoms with Gasteiger partial charge in [-0.1, -0.05) is 50.5 Å². The maximum absolute atomic E-state index is 12.5. The highest BCUT2D eigenvalue weighted by Crippen LogP contribution is 2.28. The summed E-state index contributed by atoms with van der Waals surface area (Å²) >= 11 is 0. The molecule has 2 heteroatoms. The Kier molecular flexibility index (Phi) is 4.29. The SMILES string of the molecule is CCC(=O)c1ccccc1C(=O)C1CCCCC1. The van der Waals surface area contributed by atoms with Crippen molar-refractivity contribution in [3.63, 3.8) is 0 Å². The van der Waals surface area contributed by atoms with Gasteiger partial charge in [0.2, 0.25) is 0 Å². The first kappa shape index (κ1) is 13.0. The molecular weight excluding hydrogens is 224 g/mol. The summed E-state index contributed by atoms with van der Waals surface area (Å²) in [7, 11) is 0. The summed E-state index contributed by atoms with van der Waals surface area (Å²) in [5.41, 5.74) is 1.24. The van der Waals surface area contributed by atoms with E-state index in [1.54, 1.807) is 12.1 Å². The van der Waals surface area contributed by atoms with Crippen LogP contribution in [-0.2, 0) is 0 Å². The van der Waals surface area contributed by atoms with Crippen molar-refractivity contribution >= 4 is 11.6 Å². The van der Waals surface area contributed by atoms with Gasteiger partial charge in [0.15, 0.2) is 11.6 Å². The molecule has 1 aliphatic rings. The minimum absolute atomic E-state index is 0.0646. The lowest BCUT2D eigenvalue weighted by Gasteiger charge is -2.21. The summed E-state index contributed by atoms with van der Waals surface area (Å²) in [6.07, 6.45) is 5.93. The van der Waals surface area contributed by atoms with Gasteiger partial charge in [0, 0.05) is 23.5 Å². The highest BCUT2D eigenvalue weighted by atomic mass is 16.1. The zero-order valence-corrected chi connectivity index (χ0v) is 10.9. The number of Topliss-reactive ketones (excluding diaryl/α,β-unsaturated/α-hetero) is 2. The lowest BCUT2D eigenvalue weighted by molar-refractivity contribution is 0.0879. The highest BCUT2D eigenvalue weighted by Gasteiger charge is 2.25. The molecule has 0 heterocycles. The minimum atomic E-state index is 0.0646. The molecule has 0 radical (unpaired) electrons. The van der Waals surface area contributed by atoms with Crippen molar-refractivity contribution in [1.82, 2.24) is 0 Å². The molecule has 0 saturated heterocycles. The topological polar surface area (TPSA) is 34.1 Å². The molecule has 96 valence electrons. The number of carbonyl (C=O) groups is 2. The van der Waals surface area contributed by atoms with Crippen LogP contribution in [0.3, 0.4) is 0 Å². The van der Waals surface area contributed by atoms with Gasteiger partial charge in [-0.3, -0.25) is 9.59 Å². The molecule has 1 fully saturated rings. The monoisotopic (exact) mass is 244 g/mol. The lowest BCUT2D eigenvalue weighted by atomic mass is 9.82. The van der Waals surface area contributed by atoms with Crippen molar-refractivity contribution in [2.75, 3.05) is 0 Å². The Morgan fingerprint density at radius 2 is 1.67 bits per heavy atom. The van der Waals surface area contributed by atoms with E-state index in [2.05, 4.69) is 0 Å². The van der Waals surface area contributed by atoms with E-state index in [4.69, 9.17) is 0 Å². The van der Waals surface area contributed by atoms with Crippen LogP contribution in [0, 0.1) is 5.92 Å². The van der Waals surface area contributed by atoms with Gasteiger partial charge in [0.05, 0.1) is 0 Å². The Balaban J connectivity index is 2.26. The quantitative estimate of drug-likeness (QED) is 0.749. The zero-order valence-electron chi connectivity index (χ0n) is 10.9. The normalized spacial score (nSPS) is 16.5. The fourth-order valence-corrected chi connectivity index (χ4v) is 2.72. The second kappa shape index (κ2) is 5.94. The van der Waals surface area contributed by atoms with Crippen molar-refractivity contribution in [2.24, 2.45) is 5.92 Å². The van der Waals surface area contributed by atoms with Gasteiger partial charge in [-0.15, -0.1) is 0 Å². The highest BCUT2D eigenvalue weighted by molar-refractivity contribution is 6.09. The van der Waals surface area contributed by atoms with E-state index in [1.165, 1.54) is 6.42 Å². The second-order valence-electron chi connectivity index (χ2n) is 5.02. The third kappa shape index (κ3) is 2.69. The van der Waals surface area contributed by atoms with E-state index in [1.807, 2.05) is 19.1 Å². The van der Waals surface area contributed by atoms with Gasteiger partial charge in [0.1, 0.15) is 0 Å². The van der Waals surface area contributed by atoms with Crippen LogP contribution in [-0.4, -0.2) is 11.6 Å². The second-order valence-corrected chi connectivity index (χ2v) is 5.02. The Bertz CT molecular complexity index is 442. The van der Waals surface area contributed by atoms with Crippen LogP contribution in [0.5, 0.6) is 0 Å². The largest absolute Gasteiger partial charge is 0.294 e. The van der Waals surface area contributed by atoms with Crippen LogP contribution in [0.25, 0.3) is 0 Å². The maximum Gasteiger partial charge on any atom is 0.166 e. The summed E-state index contributed by atoms with van der Waals surface area (Å²) in [6.45, 7) is 1.84. The fraction of sp³-hybridized carbons (Fsp3) is 0.500. The molecule has 1 saturated carbocycles.